The van der Waals surface area contributed by atoms with Gasteiger partial charge in [-0.2, -0.15) is 0 Å². The van der Waals surface area contributed by atoms with Crippen molar-refractivity contribution in [3.63, 3.8) is 0 Å². The molecule has 0 unspecified atom stereocenters. The number of nitrogens with zero attached hydrogens (tertiary/aromatic N) is 2. The molecule has 1 aromatic heterocycles. The number of hydrogen-bond donors (Lipinski definition) is 1. The van der Waals surface area contributed by atoms with Gasteiger partial charge >= 0.3 is 0 Å². The number of nitrogens with one attached hydrogen (secondary N) is 1. The van der Waals surface area contributed by atoms with Gasteiger partial charge < -0.3 is 9.88 Å². The Labute approximate surface area is 141 Å². The maximum absolute atomic E-state index is 6.20. The average Bonchev–Trinajstić information content (AvgIpc) is 2.90. The second kappa shape index (κ2) is 6.47. The van der Waals surface area contributed by atoms with Crippen molar-refractivity contribution in [1.82, 2.24) is 9.55 Å². The molecule has 118 valence electrons. The zero-order valence-electron chi connectivity index (χ0n) is 13.6. The van der Waals surface area contributed by atoms with Gasteiger partial charge in [-0.3, -0.25) is 0 Å². The molecule has 1 N–H and O–H groups in total. The molecule has 3 rings (SSSR count). The molecule has 0 saturated heterocycles. The van der Waals surface area contributed by atoms with Crippen LogP contribution in [0.2, 0.25) is 5.02 Å². The van der Waals surface area contributed by atoms with Crippen LogP contribution in [0.4, 0.5) is 5.95 Å². The molecule has 0 saturated carbocycles. The summed E-state index contributed by atoms with van der Waals surface area (Å²) >= 11 is 6.20. The first-order valence-corrected chi connectivity index (χ1v) is 8.00. The van der Waals surface area contributed by atoms with E-state index in [9.17, 15) is 0 Å². The first-order chi connectivity index (χ1) is 11.1. The molecule has 0 radical (unpaired) electrons. The van der Waals surface area contributed by atoms with E-state index in [-0.39, 0.29) is 0 Å². The molecule has 0 spiro atoms. The predicted octanol–water partition coefficient (Wildman–Crippen LogP) is 4.97. The van der Waals surface area contributed by atoms with E-state index in [1.807, 2.05) is 37.5 Å². The number of aromatic nitrogens is 2. The minimum absolute atomic E-state index is 0.650. The number of rotatable bonds is 4. The molecule has 4 heteroatoms. The van der Waals surface area contributed by atoms with Crippen LogP contribution >= 0.6 is 11.6 Å². The average molecular weight is 326 g/mol. The molecule has 23 heavy (non-hydrogen) atoms. The van der Waals surface area contributed by atoms with Crippen molar-refractivity contribution in [3.8, 4) is 11.3 Å². The zero-order valence-corrected chi connectivity index (χ0v) is 14.4. The van der Waals surface area contributed by atoms with Gasteiger partial charge in [0, 0.05) is 24.2 Å². The van der Waals surface area contributed by atoms with E-state index in [0.29, 0.717) is 6.54 Å². The smallest absolute Gasteiger partial charge is 0.203 e. The van der Waals surface area contributed by atoms with E-state index < -0.39 is 0 Å². The fourth-order valence-corrected chi connectivity index (χ4v) is 2.76. The molecule has 0 aliphatic carbocycles. The number of anilines is 1. The molecule has 1 heterocycles. The van der Waals surface area contributed by atoms with Crippen molar-refractivity contribution < 1.29 is 0 Å². The third kappa shape index (κ3) is 3.25. The highest BCUT2D eigenvalue weighted by molar-refractivity contribution is 6.31. The van der Waals surface area contributed by atoms with E-state index in [4.69, 9.17) is 11.6 Å². The fourth-order valence-electron chi connectivity index (χ4n) is 2.56. The van der Waals surface area contributed by atoms with Gasteiger partial charge in [0.15, 0.2) is 0 Å². The van der Waals surface area contributed by atoms with E-state index >= 15 is 0 Å². The van der Waals surface area contributed by atoms with Gasteiger partial charge in [0.05, 0.1) is 11.9 Å². The first kappa shape index (κ1) is 15.6. The van der Waals surface area contributed by atoms with Crippen molar-refractivity contribution >= 4 is 17.5 Å². The summed E-state index contributed by atoms with van der Waals surface area (Å²) < 4.78 is 2.07. The molecule has 0 atom stereocenters. The summed E-state index contributed by atoms with van der Waals surface area (Å²) in [6, 6.07) is 14.3. The Bertz CT molecular complexity index is 836. The summed E-state index contributed by atoms with van der Waals surface area (Å²) in [6.07, 6.45) is 1.90. The summed E-state index contributed by atoms with van der Waals surface area (Å²) in [5, 5.41) is 4.12. The van der Waals surface area contributed by atoms with E-state index in [2.05, 4.69) is 46.9 Å². The number of imidazole rings is 1. The molecule has 2 aromatic carbocycles. The third-order valence-electron chi connectivity index (χ3n) is 4.19. The molecule has 3 aromatic rings. The second-order valence-corrected chi connectivity index (χ2v) is 6.18. The van der Waals surface area contributed by atoms with Crippen LogP contribution in [-0.4, -0.2) is 9.55 Å². The van der Waals surface area contributed by atoms with Crippen LogP contribution in [0.5, 0.6) is 0 Å². The largest absolute Gasteiger partial charge is 0.352 e. The van der Waals surface area contributed by atoms with Crippen molar-refractivity contribution in [1.29, 1.82) is 0 Å². The van der Waals surface area contributed by atoms with Gasteiger partial charge in [-0.05, 0) is 42.7 Å². The van der Waals surface area contributed by atoms with Gasteiger partial charge in [0.25, 0.3) is 0 Å². The van der Waals surface area contributed by atoms with Crippen molar-refractivity contribution in [2.45, 2.75) is 20.4 Å². The zero-order chi connectivity index (χ0) is 16.4. The summed E-state index contributed by atoms with van der Waals surface area (Å²) in [4.78, 5) is 4.50. The van der Waals surface area contributed by atoms with Crippen LogP contribution in [-0.2, 0) is 13.6 Å². The Morgan fingerprint density at radius 3 is 2.61 bits per heavy atom. The number of halogens is 1. The lowest BCUT2D eigenvalue weighted by molar-refractivity contribution is 0.906. The maximum atomic E-state index is 6.20. The molecule has 0 fully saturated rings. The first-order valence-electron chi connectivity index (χ1n) is 7.63. The van der Waals surface area contributed by atoms with Gasteiger partial charge in [0.1, 0.15) is 0 Å². The van der Waals surface area contributed by atoms with Crippen LogP contribution in [0.25, 0.3) is 11.3 Å². The van der Waals surface area contributed by atoms with Crippen LogP contribution < -0.4 is 5.32 Å². The Morgan fingerprint density at radius 1 is 1.09 bits per heavy atom. The van der Waals surface area contributed by atoms with Gasteiger partial charge in [-0.25, -0.2) is 4.98 Å². The number of hydrogen-bond acceptors (Lipinski definition) is 2. The van der Waals surface area contributed by atoms with Crippen molar-refractivity contribution in [3.05, 3.63) is 70.4 Å². The number of aryl methyl sites for hydroxylation is 2. The van der Waals surface area contributed by atoms with Crippen LogP contribution in [0.3, 0.4) is 0 Å². The standard InChI is InChI=1S/C19H20ClN3/c1-13-8-9-15(10-14(13)2)18-12-22-19(23(18)3)21-11-16-6-4-5-7-17(16)20/h4-10,12H,11H2,1-3H3,(H,21,22). The van der Waals surface area contributed by atoms with E-state index in [0.717, 1.165) is 22.2 Å². The van der Waals surface area contributed by atoms with Gasteiger partial charge in [-0.1, -0.05) is 41.9 Å². The van der Waals surface area contributed by atoms with E-state index in [1.165, 1.54) is 16.7 Å². The number of benzene rings is 2. The third-order valence-corrected chi connectivity index (χ3v) is 4.55. The maximum Gasteiger partial charge on any atom is 0.203 e. The summed E-state index contributed by atoms with van der Waals surface area (Å²) in [5.74, 6) is 0.832. The molecule has 0 aliphatic rings. The highest BCUT2D eigenvalue weighted by atomic mass is 35.5. The van der Waals surface area contributed by atoms with Gasteiger partial charge in [-0.15, -0.1) is 0 Å². The Kier molecular flexibility index (Phi) is 4.39. The SMILES string of the molecule is Cc1ccc(-c2cnc(NCc3ccccc3Cl)n2C)cc1C. The Hall–Kier alpha value is -2.26. The highest BCUT2D eigenvalue weighted by Crippen LogP contribution is 2.24. The van der Waals surface area contributed by atoms with Crippen LogP contribution in [0.1, 0.15) is 16.7 Å². The highest BCUT2D eigenvalue weighted by Gasteiger charge is 2.09. The molecular formula is C19H20ClN3. The molecule has 3 nitrogen and oxygen atoms in total. The molecule has 0 bridgehead atoms. The van der Waals surface area contributed by atoms with Crippen molar-refractivity contribution in [2.24, 2.45) is 7.05 Å². The fraction of sp³-hybridized carbons (Fsp3) is 0.211. The van der Waals surface area contributed by atoms with E-state index in [1.54, 1.807) is 0 Å². The Balaban J connectivity index is 1.82. The summed E-state index contributed by atoms with van der Waals surface area (Å²) in [7, 11) is 2.02. The lowest BCUT2D eigenvalue weighted by Crippen LogP contribution is -2.06. The predicted molar refractivity (Wildman–Crippen MR) is 96.9 cm³/mol. The molecular weight excluding hydrogens is 306 g/mol. The van der Waals surface area contributed by atoms with Crippen LogP contribution in [0, 0.1) is 13.8 Å². The Morgan fingerprint density at radius 2 is 1.87 bits per heavy atom. The van der Waals surface area contributed by atoms with Crippen LogP contribution in [0.15, 0.2) is 48.7 Å². The quantitative estimate of drug-likeness (QED) is 0.734. The summed E-state index contributed by atoms with van der Waals surface area (Å²) in [5.41, 5.74) is 5.91. The molecule has 0 aliphatic heterocycles. The normalized spacial score (nSPS) is 10.8. The van der Waals surface area contributed by atoms with Gasteiger partial charge in [0.2, 0.25) is 5.95 Å². The lowest BCUT2D eigenvalue weighted by atomic mass is 10.0. The topological polar surface area (TPSA) is 29.9 Å². The molecule has 0 amide bonds. The summed E-state index contributed by atoms with van der Waals surface area (Å²) in [6.45, 7) is 4.90. The minimum atomic E-state index is 0.650. The second-order valence-electron chi connectivity index (χ2n) is 5.77. The monoisotopic (exact) mass is 325 g/mol. The van der Waals surface area contributed by atoms with Crippen molar-refractivity contribution in [2.75, 3.05) is 5.32 Å². The lowest BCUT2D eigenvalue weighted by Gasteiger charge is -2.10. The minimum Gasteiger partial charge on any atom is -0.352 e.